The van der Waals surface area contributed by atoms with Gasteiger partial charge in [0.25, 0.3) is 5.56 Å². The number of carbonyl (C=O) groups excluding carboxylic acids is 1. The molecule has 6 nitrogen and oxygen atoms in total. The summed E-state index contributed by atoms with van der Waals surface area (Å²) in [6.45, 7) is 2.99. The maximum atomic E-state index is 14.4. The standard InChI is InChI=1S/C27H27F2N3O3/c1-2-31-23-14-32-22(12-11-19(27(32)35)18-5-3-4-6-21(18)29)25(31)24(20(23)15-33)26(34)30-13-16-7-9-17(28)10-8-16/h3-12,20,23-25,33H,2,13-15H2,1H3,(H,30,34)/t20-,23-,24+,25+/m0/s1. The molecule has 1 amide bonds. The fourth-order valence-electron chi connectivity index (χ4n) is 5.75. The van der Waals surface area contributed by atoms with Crippen LogP contribution in [0.3, 0.4) is 0 Å². The average Bonchev–Trinajstić information content (AvgIpc) is 3.10. The van der Waals surface area contributed by atoms with E-state index < -0.39 is 17.8 Å². The van der Waals surface area contributed by atoms with Gasteiger partial charge in [-0.3, -0.25) is 14.5 Å². The lowest BCUT2D eigenvalue weighted by atomic mass is 9.86. The molecule has 182 valence electrons. The van der Waals surface area contributed by atoms with Crippen molar-refractivity contribution in [1.82, 2.24) is 14.8 Å². The van der Waals surface area contributed by atoms with Gasteiger partial charge in [0.2, 0.25) is 5.91 Å². The Morgan fingerprint density at radius 3 is 2.49 bits per heavy atom. The van der Waals surface area contributed by atoms with Crippen molar-refractivity contribution >= 4 is 5.91 Å². The Morgan fingerprint density at radius 2 is 1.80 bits per heavy atom. The first-order chi connectivity index (χ1) is 16.9. The van der Waals surface area contributed by atoms with Gasteiger partial charge in [-0.15, -0.1) is 0 Å². The highest BCUT2D eigenvalue weighted by molar-refractivity contribution is 5.80. The first-order valence-electron chi connectivity index (χ1n) is 11.8. The number of nitrogens with zero attached hydrogens (tertiary/aromatic N) is 2. The van der Waals surface area contributed by atoms with E-state index in [0.29, 0.717) is 18.8 Å². The molecule has 35 heavy (non-hydrogen) atoms. The molecule has 2 bridgehead atoms. The number of hydrogen-bond acceptors (Lipinski definition) is 4. The molecule has 0 saturated carbocycles. The van der Waals surface area contributed by atoms with Crippen molar-refractivity contribution < 1.29 is 18.7 Å². The Balaban J connectivity index is 1.51. The molecule has 1 aromatic heterocycles. The molecule has 0 radical (unpaired) electrons. The number of halogens is 2. The molecule has 3 aromatic rings. The van der Waals surface area contributed by atoms with Gasteiger partial charge in [0.1, 0.15) is 11.6 Å². The van der Waals surface area contributed by atoms with Crippen LogP contribution in [0.5, 0.6) is 0 Å². The molecule has 8 heteroatoms. The smallest absolute Gasteiger partial charge is 0.258 e. The minimum absolute atomic E-state index is 0.199. The van der Waals surface area contributed by atoms with Crippen molar-refractivity contribution in [3.8, 4) is 11.1 Å². The van der Waals surface area contributed by atoms with Crippen LogP contribution in [-0.2, 0) is 17.9 Å². The number of pyridine rings is 1. The molecule has 5 rings (SSSR count). The second-order valence-electron chi connectivity index (χ2n) is 9.13. The van der Waals surface area contributed by atoms with Crippen LogP contribution < -0.4 is 10.9 Å². The second kappa shape index (κ2) is 9.36. The third-order valence-electron chi connectivity index (χ3n) is 7.38. The number of carbonyl (C=O) groups is 1. The number of benzene rings is 2. The minimum atomic E-state index is -0.571. The van der Waals surface area contributed by atoms with E-state index in [1.54, 1.807) is 47.0 Å². The van der Waals surface area contributed by atoms with Crippen LogP contribution in [0.2, 0.25) is 0 Å². The van der Waals surface area contributed by atoms with E-state index in [1.165, 1.54) is 18.2 Å². The summed E-state index contributed by atoms with van der Waals surface area (Å²) >= 11 is 0. The topological polar surface area (TPSA) is 74.6 Å². The number of nitrogens with one attached hydrogen (secondary N) is 1. The zero-order chi connectivity index (χ0) is 24.7. The molecule has 3 heterocycles. The maximum absolute atomic E-state index is 14.4. The molecular weight excluding hydrogens is 452 g/mol. The van der Waals surface area contributed by atoms with Gasteiger partial charge in [-0.1, -0.05) is 37.3 Å². The van der Waals surface area contributed by atoms with E-state index in [2.05, 4.69) is 10.2 Å². The second-order valence-corrected chi connectivity index (χ2v) is 9.13. The van der Waals surface area contributed by atoms with E-state index in [-0.39, 0.29) is 53.5 Å². The average molecular weight is 480 g/mol. The molecule has 2 aromatic carbocycles. The Hall–Kier alpha value is -3.36. The zero-order valence-corrected chi connectivity index (χ0v) is 19.3. The Bertz CT molecular complexity index is 1310. The van der Waals surface area contributed by atoms with E-state index in [9.17, 15) is 23.5 Å². The van der Waals surface area contributed by atoms with Crippen LogP contribution in [0.25, 0.3) is 11.1 Å². The van der Waals surface area contributed by atoms with Crippen LogP contribution in [0.1, 0.15) is 24.2 Å². The lowest BCUT2D eigenvalue weighted by Gasteiger charge is -2.37. The van der Waals surface area contributed by atoms with Gasteiger partial charge in [0.15, 0.2) is 0 Å². The fraction of sp³-hybridized carbons (Fsp3) is 0.333. The molecule has 1 fully saturated rings. The van der Waals surface area contributed by atoms with Gasteiger partial charge in [-0.05, 0) is 42.4 Å². The van der Waals surface area contributed by atoms with Crippen LogP contribution in [-0.4, -0.2) is 39.7 Å². The van der Waals surface area contributed by atoms with E-state index >= 15 is 0 Å². The monoisotopic (exact) mass is 479 g/mol. The van der Waals surface area contributed by atoms with Crippen LogP contribution in [0.15, 0.2) is 65.5 Å². The van der Waals surface area contributed by atoms with Crippen LogP contribution >= 0.6 is 0 Å². The fourth-order valence-corrected chi connectivity index (χ4v) is 5.75. The highest BCUT2D eigenvalue weighted by Crippen LogP contribution is 2.48. The summed E-state index contributed by atoms with van der Waals surface area (Å²) < 4.78 is 29.3. The molecule has 0 unspecified atom stereocenters. The van der Waals surface area contributed by atoms with Gasteiger partial charge in [-0.2, -0.15) is 0 Å². The van der Waals surface area contributed by atoms with Gasteiger partial charge in [-0.25, -0.2) is 8.78 Å². The number of aliphatic hydroxyl groups excluding tert-OH is 1. The van der Waals surface area contributed by atoms with Crippen molar-refractivity contribution in [2.24, 2.45) is 11.8 Å². The van der Waals surface area contributed by atoms with Crippen molar-refractivity contribution in [1.29, 1.82) is 0 Å². The van der Waals surface area contributed by atoms with E-state index in [1.807, 2.05) is 6.92 Å². The SMILES string of the molecule is CCN1[C@@H]2c3ccc(-c4ccccc4F)c(=O)n3C[C@H]1[C@H](CO)[C@H]2C(=O)NCc1ccc(F)cc1. The summed E-state index contributed by atoms with van der Waals surface area (Å²) in [4.78, 5) is 29.1. The number of likely N-dealkylation sites (N-methyl/N-ethyl adjacent to an activating group) is 1. The third-order valence-corrected chi connectivity index (χ3v) is 7.38. The summed E-state index contributed by atoms with van der Waals surface area (Å²) in [5, 5.41) is 13.2. The quantitative estimate of drug-likeness (QED) is 0.570. The molecule has 0 spiro atoms. The zero-order valence-electron chi connectivity index (χ0n) is 19.3. The van der Waals surface area contributed by atoms with Crippen LogP contribution in [0.4, 0.5) is 8.78 Å². The number of rotatable bonds is 6. The Morgan fingerprint density at radius 1 is 1.06 bits per heavy atom. The molecule has 0 aliphatic carbocycles. The number of aromatic nitrogens is 1. The third kappa shape index (κ3) is 3.96. The van der Waals surface area contributed by atoms with Gasteiger partial charge >= 0.3 is 0 Å². The summed E-state index contributed by atoms with van der Waals surface area (Å²) in [6, 6.07) is 14.9. The number of aliphatic hydroxyl groups is 1. The van der Waals surface area contributed by atoms with E-state index in [4.69, 9.17) is 0 Å². The molecule has 2 aliphatic heterocycles. The van der Waals surface area contributed by atoms with Gasteiger partial charge in [0.05, 0.1) is 17.5 Å². The van der Waals surface area contributed by atoms with Gasteiger partial charge in [0, 0.05) is 42.9 Å². The van der Waals surface area contributed by atoms with Crippen molar-refractivity contribution in [2.45, 2.75) is 32.1 Å². The van der Waals surface area contributed by atoms with Gasteiger partial charge < -0.3 is 15.0 Å². The molecule has 2 N–H and O–H groups in total. The summed E-state index contributed by atoms with van der Waals surface area (Å²) in [7, 11) is 0. The molecule has 1 saturated heterocycles. The molecule has 4 atom stereocenters. The molecule has 2 aliphatic rings. The number of hydrogen-bond donors (Lipinski definition) is 2. The lowest BCUT2D eigenvalue weighted by molar-refractivity contribution is -0.127. The van der Waals surface area contributed by atoms with E-state index in [0.717, 1.165) is 5.56 Å². The van der Waals surface area contributed by atoms with Crippen molar-refractivity contribution in [3.63, 3.8) is 0 Å². The highest BCUT2D eigenvalue weighted by Gasteiger charge is 2.55. The normalized spacial score (nSPS) is 23.2. The number of amides is 1. The Labute approximate surface area is 201 Å². The predicted molar refractivity (Wildman–Crippen MR) is 127 cm³/mol. The highest BCUT2D eigenvalue weighted by atomic mass is 19.1. The van der Waals surface area contributed by atoms with Crippen LogP contribution in [0, 0.1) is 23.5 Å². The maximum Gasteiger partial charge on any atom is 0.258 e. The minimum Gasteiger partial charge on any atom is -0.396 e. The Kier molecular flexibility index (Phi) is 6.25. The summed E-state index contributed by atoms with van der Waals surface area (Å²) in [5.41, 5.74) is 1.66. The van der Waals surface area contributed by atoms with Crippen molar-refractivity contribution in [2.75, 3.05) is 13.2 Å². The van der Waals surface area contributed by atoms with Crippen molar-refractivity contribution in [3.05, 3.63) is 93.9 Å². The lowest BCUT2D eigenvalue weighted by Crippen LogP contribution is -2.46. The number of fused-ring (bicyclic) bond motifs is 4. The largest absolute Gasteiger partial charge is 0.396 e. The first-order valence-corrected chi connectivity index (χ1v) is 11.8. The first kappa shape index (κ1) is 23.4. The predicted octanol–water partition coefficient (Wildman–Crippen LogP) is 3.09. The summed E-state index contributed by atoms with van der Waals surface area (Å²) in [5.74, 6) is -1.98. The summed E-state index contributed by atoms with van der Waals surface area (Å²) in [6.07, 6.45) is 0. The molecular formula is C27H27F2N3O3.